The number of esters is 1. The Kier molecular flexibility index (Phi) is 45.5. The maximum Gasteiger partial charge on any atom is 0.306 e. The van der Waals surface area contributed by atoms with Gasteiger partial charge in [0, 0.05) is 13.0 Å². The first-order chi connectivity index (χ1) is 31.1. The number of phosphoric acid groups is 1. The molecule has 9 heteroatoms. The van der Waals surface area contributed by atoms with Crippen molar-refractivity contribution in [3.8, 4) is 0 Å². The van der Waals surface area contributed by atoms with Crippen molar-refractivity contribution >= 4 is 13.8 Å². The molecule has 0 fully saturated rings. The molecule has 2 atom stereocenters. The molecule has 0 N–H and O–H groups in total. The van der Waals surface area contributed by atoms with Crippen LogP contribution in [0.3, 0.4) is 0 Å². The van der Waals surface area contributed by atoms with Crippen LogP contribution in [-0.2, 0) is 27.9 Å². The lowest BCUT2D eigenvalue weighted by Crippen LogP contribution is -2.37. The SMILES string of the molecule is CC/C=C\C/C=C\C/C=C\C/C=C\C/C=C\CCCCCCCCCCCCOCC(COP(=O)([O-])OCC[N+](C)(C)C)OC(=O)CCCCCCC/C=C\C/C=C\CCCCCC. The van der Waals surface area contributed by atoms with Crippen LogP contribution in [0.2, 0.25) is 0 Å². The van der Waals surface area contributed by atoms with Crippen molar-refractivity contribution in [2.45, 2.75) is 206 Å². The normalized spacial score (nSPS) is 14.3. The topological polar surface area (TPSA) is 94.1 Å². The zero-order valence-corrected chi connectivity index (χ0v) is 42.8. The number of hydrogen-bond acceptors (Lipinski definition) is 7. The summed E-state index contributed by atoms with van der Waals surface area (Å²) in [4.78, 5) is 25.2. The summed E-state index contributed by atoms with van der Waals surface area (Å²) >= 11 is 0. The summed E-state index contributed by atoms with van der Waals surface area (Å²) in [6.07, 6.45) is 63.2. The number of ether oxygens (including phenoxy) is 2. The van der Waals surface area contributed by atoms with Gasteiger partial charge >= 0.3 is 5.97 Å². The Bertz CT molecular complexity index is 1300. The van der Waals surface area contributed by atoms with E-state index >= 15 is 0 Å². The Labute approximate surface area is 395 Å². The number of carbonyl (C=O) groups is 1. The smallest absolute Gasteiger partial charge is 0.306 e. The van der Waals surface area contributed by atoms with Gasteiger partial charge in [0.05, 0.1) is 34.4 Å². The maximum absolute atomic E-state index is 12.7. The molecule has 0 bridgehead atoms. The van der Waals surface area contributed by atoms with Crippen LogP contribution in [0.4, 0.5) is 0 Å². The van der Waals surface area contributed by atoms with E-state index in [2.05, 4.69) is 98.9 Å². The van der Waals surface area contributed by atoms with Crippen LogP contribution in [0.25, 0.3) is 0 Å². The highest BCUT2D eigenvalue weighted by Crippen LogP contribution is 2.38. The van der Waals surface area contributed by atoms with Gasteiger partial charge in [-0.25, -0.2) is 0 Å². The van der Waals surface area contributed by atoms with Crippen LogP contribution in [0.1, 0.15) is 200 Å². The average Bonchev–Trinajstić information content (AvgIpc) is 3.25. The fourth-order valence-electron chi connectivity index (χ4n) is 6.72. The molecule has 0 radical (unpaired) electrons. The first-order valence-corrected chi connectivity index (χ1v) is 27.3. The summed E-state index contributed by atoms with van der Waals surface area (Å²) in [6.45, 7) is 5.25. The van der Waals surface area contributed by atoms with Gasteiger partial charge in [0.2, 0.25) is 0 Å². The zero-order chi connectivity index (χ0) is 46.9. The highest BCUT2D eigenvalue weighted by molar-refractivity contribution is 7.45. The van der Waals surface area contributed by atoms with E-state index in [9.17, 15) is 14.3 Å². The second-order valence-electron chi connectivity index (χ2n) is 18.1. The fourth-order valence-corrected chi connectivity index (χ4v) is 7.45. The van der Waals surface area contributed by atoms with Gasteiger partial charge < -0.3 is 27.9 Å². The van der Waals surface area contributed by atoms with Crippen LogP contribution in [-0.4, -0.2) is 70.7 Å². The van der Waals surface area contributed by atoms with Crippen LogP contribution < -0.4 is 4.89 Å². The summed E-state index contributed by atoms with van der Waals surface area (Å²) in [5.74, 6) is -0.351. The summed E-state index contributed by atoms with van der Waals surface area (Å²) in [6, 6.07) is 0. The molecule has 2 unspecified atom stereocenters. The predicted octanol–water partition coefficient (Wildman–Crippen LogP) is 15.4. The third-order valence-corrected chi connectivity index (χ3v) is 11.6. The summed E-state index contributed by atoms with van der Waals surface area (Å²) in [7, 11) is 1.33. The Morgan fingerprint density at radius 2 is 0.906 bits per heavy atom. The summed E-state index contributed by atoms with van der Waals surface area (Å²) < 4.78 is 34.7. The minimum atomic E-state index is -4.54. The number of likely N-dealkylation sites (N-methyl/N-ethyl adjacent to an activating group) is 1. The van der Waals surface area contributed by atoms with Gasteiger partial charge in [0.15, 0.2) is 0 Å². The van der Waals surface area contributed by atoms with Gasteiger partial charge in [-0.2, -0.15) is 0 Å². The number of rotatable bonds is 47. The molecule has 0 aliphatic rings. The molecule has 64 heavy (non-hydrogen) atoms. The molecule has 0 saturated heterocycles. The molecule has 0 spiro atoms. The quantitative estimate of drug-likeness (QED) is 0.0197. The second kappa shape index (κ2) is 47.2. The minimum Gasteiger partial charge on any atom is -0.756 e. The number of unbranched alkanes of at least 4 members (excludes halogenated alkanes) is 19. The highest BCUT2D eigenvalue weighted by Gasteiger charge is 2.20. The molecule has 0 aliphatic heterocycles. The van der Waals surface area contributed by atoms with Crippen LogP contribution in [0, 0.1) is 0 Å². The monoisotopic (exact) mass is 916 g/mol. The van der Waals surface area contributed by atoms with Gasteiger partial charge in [0.1, 0.15) is 19.3 Å². The third kappa shape index (κ3) is 50.7. The number of quaternary nitrogens is 1. The van der Waals surface area contributed by atoms with E-state index in [1.807, 2.05) is 21.1 Å². The van der Waals surface area contributed by atoms with E-state index in [4.69, 9.17) is 18.5 Å². The van der Waals surface area contributed by atoms with Crippen LogP contribution in [0.5, 0.6) is 0 Å². The Morgan fingerprint density at radius 3 is 1.36 bits per heavy atom. The molecule has 0 rings (SSSR count). The van der Waals surface area contributed by atoms with Gasteiger partial charge in [-0.05, 0) is 89.9 Å². The number of allylic oxidation sites excluding steroid dienone is 14. The fraction of sp³-hybridized carbons (Fsp3) is 0.727. The maximum atomic E-state index is 12.7. The molecule has 0 amide bonds. The molecule has 8 nitrogen and oxygen atoms in total. The van der Waals surface area contributed by atoms with Crippen molar-refractivity contribution in [1.29, 1.82) is 0 Å². The third-order valence-electron chi connectivity index (χ3n) is 10.7. The van der Waals surface area contributed by atoms with Crippen molar-refractivity contribution in [3.63, 3.8) is 0 Å². The molecular weight excluding hydrogens is 818 g/mol. The molecule has 0 aliphatic carbocycles. The largest absolute Gasteiger partial charge is 0.756 e. The van der Waals surface area contributed by atoms with Gasteiger partial charge in [0.25, 0.3) is 7.82 Å². The molecule has 0 aromatic heterocycles. The lowest BCUT2D eigenvalue weighted by Gasteiger charge is -2.28. The molecule has 0 saturated carbocycles. The van der Waals surface area contributed by atoms with Crippen molar-refractivity contribution in [2.24, 2.45) is 0 Å². The minimum absolute atomic E-state index is 0.0184. The summed E-state index contributed by atoms with van der Waals surface area (Å²) in [5, 5.41) is 0. The Morgan fingerprint density at radius 1 is 0.500 bits per heavy atom. The molecule has 0 aromatic carbocycles. The van der Waals surface area contributed by atoms with Crippen molar-refractivity contribution in [1.82, 2.24) is 0 Å². The molecule has 0 heterocycles. The first-order valence-electron chi connectivity index (χ1n) is 25.8. The first kappa shape index (κ1) is 61.7. The number of nitrogens with zero attached hydrogens (tertiary/aromatic N) is 1. The Hall–Kier alpha value is -2.32. The highest BCUT2D eigenvalue weighted by atomic mass is 31.2. The van der Waals surface area contributed by atoms with Crippen molar-refractivity contribution < 1.29 is 37.3 Å². The average molecular weight is 916 g/mol. The van der Waals surface area contributed by atoms with Crippen LogP contribution in [0.15, 0.2) is 85.1 Å². The lowest BCUT2D eigenvalue weighted by molar-refractivity contribution is -0.870. The summed E-state index contributed by atoms with van der Waals surface area (Å²) in [5.41, 5.74) is 0. The van der Waals surface area contributed by atoms with Gasteiger partial charge in [-0.15, -0.1) is 0 Å². The van der Waals surface area contributed by atoms with E-state index in [1.54, 1.807) is 0 Å². The lowest BCUT2D eigenvalue weighted by atomic mass is 10.1. The number of phosphoric ester groups is 1. The van der Waals surface area contributed by atoms with E-state index in [0.29, 0.717) is 24.1 Å². The van der Waals surface area contributed by atoms with E-state index in [1.165, 1.54) is 89.9 Å². The van der Waals surface area contributed by atoms with Crippen molar-refractivity contribution in [3.05, 3.63) is 85.1 Å². The number of hydrogen-bond donors (Lipinski definition) is 0. The molecule has 370 valence electrons. The van der Waals surface area contributed by atoms with Crippen LogP contribution >= 0.6 is 7.82 Å². The van der Waals surface area contributed by atoms with E-state index in [0.717, 1.165) is 89.9 Å². The number of carbonyl (C=O) groups excluding carboxylic acids is 1. The van der Waals surface area contributed by atoms with E-state index in [-0.39, 0.29) is 25.8 Å². The van der Waals surface area contributed by atoms with E-state index < -0.39 is 13.9 Å². The zero-order valence-electron chi connectivity index (χ0n) is 42.0. The van der Waals surface area contributed by atoms with Gasteiger partial charge in [-0.3, -0.25) is 9.36 Å². The predicted molar refractivity (Wildman–Crippen MR) is 272 cm³/mol. The molecule has 0 aromatic rings. The Balaban J connectivity index is 4.15. The van der Waals surface area contributed by atoms with Gasteiger partial charge in [-0.1, -0.05) is 189 Å². The second-order valence-corrected chi connectivity index (χ2v) is 19.6. The standard InChI is InChI=1S/C55H98NO7P/c1-6-8-10-12-14-16-18-20-22-24-25-26-27-28-29-30-31-32-33-35-37-39-41-43-45-47-50-60-52-54(53-62-64(58,59)61-51-49-56(3,4)5)63-55(57)48-46-44-42-40-38-36-34-23-21-19-17-15-13-11-9-7-2/h8,10,14,16-17,19-20,22-23,25-26,28-29,34,54H,6-7,9,11-13,15,18,21,24,27,30-33,35-53H2,1-5H3/b10-8-,16-14-,19-17-,22-20-,26-25-,29-28-,34-23-. The van der Waals surface area contributed by atoms with Crippen molar-refractivity contribution in [2.75, 3.05) is 54.1 Å². The molecular formula is C55H98NO7P.